The molecule has 0 aliphatic rings. The van der Waals surface area contributed by atoms with E-state index in [2.05, 4.69) is 15.3 Å². The Bertz CT molecular complexity index is 1110. The van der Waals surface area contributed by atoms with E-state index in [1.165, 1.54) is 0 Å². The molecule has 0 saturated carbocycles. The smallest absolute Gasteiger partial charge is 0.251 e. The summed E-state index contributed by atoms with van der Waals surface area (Å²) in [4.78, 5) is 30.8. The number of fused-ring (bicyclic) bond motifs is 1. The lowest BCUT2D eigenvalue weighted by Crippen LogP contribution is -2.23. The maximum atomic E-state index is 12.3. The third-order valence-corrected chi connectivity index (χ3v) is 4.28. The van der Waals surface area contributed by atoms with Crippen LogP contribution in [0.25, 0.3) is 33.8 Å². The van der Waals surface area contributed by atoms with Gasteiger partial charge in [-0.25, -0.2) is 9.97 Å². The second-order valence-electron chi connectivity index (χ2n) is 6.31. The summed E-state index contributed by atoms with van der Waals surface area (Å²) in [6.07, 6.45) is 4.33. The van der Waals surface area contributed by atoms with Crippen LogP contribution < -0.4 is 5.32 Å². The second kappa shape index (κ2) is 7.92. The lowest BCUT2D eigenvalue weighted by Gasteiger charge is -2.10. The van der Waals surface area contributed by atoms with E-state index in [-0.39, 0.29) is 5.91 Å². The molecule has 1 N–H and O–H groups in total. The Morgan fingerprint density at radius 3 is 2.07 bits per heavy atom. The molecule has 28 heavy (non-hydrogen) atoms. The first-order chi connectivity index (χ1) is 13.8. The predicted octanol–water partition coefficient (Wildman–Crippen LogP) is 3.89. The van der Waals surface area contributed by atoms with Crippen LogP contribution in [0.3, 0.4) is 0 Å². The number of carbonyl (C=O) groups is 1. The fraction of sp³-hybridized carbons (Fsp3) is 0.136. The van der Waals surface area contributed by atoms with Gasteiger partial charge in [0.05, 0.1) is 22.4 Å². The fourth-order valence-electron chi connectivity index (χ4n) is 2.90. The van der Waals surface area contributed by atoms with E-state index in [1.807, 2.05) is 49.4 Å². The van der Waals surface area contributed by atoms with Gasteiger partial charge in [0.15, 0.2) is 0 Å². The topological polar surface area (TPSA) is 80.7 Å². The average molecular weight is 369 g/mol. The van der Waals surface area contributed by atoms with Crippen LogP contribution in [0.4, 0.5) is 0 Å². The molecule has 3 heterocycles. The maximum absolute atomic E-state index is 12.3. The number of carbonyl (C=O) groups excluding carboxylic acids is 1. The molecule has 0 aliphatic carbocycles. The van der Waals surface area contributed by atoms with Gasteiger partial charge in [-0.05, 0) is 48.9 Å². The third-order valence-electron chi connectivity index (χ3n) is 4.28. The molecule has 1 aromatic carbocycles. The molecule has 6 heteroatoms. The van der Waals surface area contributed by atoms with Gasteiger partial charge in [0, 0.05) is 24.5 Å². The van der Waals surface area contributed by atoms with E-state index >= 15 is 0 Å². The lowest BCUT2D eigenvalue weighted by atomic mass is 10.1. The molecule has 0 fully saturated rings. The minimum atomic E-state index is -0.112. The van der Waals surface area contributed by atoms with Crippen molar-refractivity contribution in [3.05, 3.63) is 72.6 Å². The van der Waals surface area contributed by atoms with Crippen molar-refractivity contribution in [3.63, 3.8) is 0 Å². The molecular weight excluding hydrogens is 350 g/mol. The first kappa shape index (κ1) is 17.7. The number of benzene rings is 1. The van der Waals surface area contributed by atoms with Gasteiger partial charge in [-0.3, -0.25) is 14.8 Å². The molecule has 0 unspecified atom stereocenters. The number of aromatic nitrogens is 4. The Morgan fingerprint density at radius 1 is 0.857 bits per heavy atom. The largest absolute Gasteiger partial charge is 0.352 e. The number of nitrogens with one attached hydrogen (secondary N) is 1. The minimum Gasteiger partial charge on any atom is -0.352 e. The van der Waals surface area contributed by atoms with Crippen molar-refractivity contribution in [1.82, 2.24) is 25.3 Å². The molecular formula is C22H19N5O. The first-order valence-electron chi connectivity index (χ1n) is 9.19. The van der Waals surface area contributed by atoms with E-state index in [0.717, 1.165) is 12.1 Å². The van der Waals surface area contributed by atoms with Gasteiger partial charge < -0.3 is 5.32 Å². The molecule has 4 rings (SSSR count). The summed E-state index contributed by atoms with van der Waals surface area (Å²) < 4.78 is 0. The van der Waals surface area contributed by atoms with E-state index in [1.54, 1.807) is 24.5 Å². The third kappa shape index (κ3) is 3.57. The Morgan fingerprint density at radius 2 is 1.50 bits per heavy atom. The number of rotatable bonds is 5. The van der Waals surface area contributed by atoms with Gasteiger partial charge in [0.2, 0.25) is 0 Å². The van der Waals surface area contributed by atoms with Gasteiger partial charge >= 0.3 is 0 Å². The molecule has 0 bridgehead atoms. The number of hydrogen-bond acceptors (Lipinski definition) is 5. The summed E-state index contributed by atoms with van der Waals surface area (Å²) >= 11 is 0. The van der Waals surface area contributed by atoms with Crippen molar-refractivity contribution in [3.8, 4) is 22.8 Å². The monoisotopic (exact) mass is 369 g/mol. The number of pyridine rings is 2. The summed E-state index contributed by atoms with van der Waals surface area (Å²) in [5, 5.41) is 2.89. The molecule has 0 radical (unpaired) electrons. The quantitative estimate of drug-likeness (QED) is 0.577. The standard InChI is InChI=1S/C22H19N5O/c1-2-11-25-22(28)15-9-10-16-19(14-15)27-21(18-8-4-6-13-24-18)20(26-16)17-7-3-5-12-23-17/h3-10,12-14H,2,11H2,1H3,(H,25,28). The zero-order chi connectivity index (χ0) is 19.3. The van der Waals surface area contributed by atoms with E-state index < -0.39 is 0 Å². The van der Waals surface area contributed by atoms with Crippen LogP contribution in [-0.4, -0.2) is 32.4 Å². The summed E-state index contributed by atoms with van der Waals surface area (Å²) in [5.41, 5.74) is 4.64. The summed E-state index contributed by atoms with van der Waals surface area (Å²) in [5.74, 6) is -0.112. The number of amides is 1. The Kier molecular flexibility index (Phi) is 5.01. The van der Waals surface area contributed by atoms with Gasteiger partial charge in [-0.1, -0.05) is 19.1 Å². The molecule has 0 spiro atoms. The summed E-state index contributed by atoms with van der Waals surface area (Å²) in [6, 6.07) is 16.7. The average Bonchev–Trinajstić information content (AvgIpc) is 2.77. The number of nitrogens with zero attached hydrogens (tertiary/aromatic N) is 4. The first-order valence-corrected chi connectivity index (χ1v) is 9.19. The van der Waals surface area contributed by atoms with Crippen LogP contribution in [0.5, 0.6) is 0 Å². The van der Waals surface area contributed by atoms with E-state index in [4.69, 9.17) is 9.97 Å². The highest BCUT2D eigenvalue weighted by molar-refractivity contribution is 5.98. The van der Waals surface area contributed by atoms with Crippen molar-refractivity contribution in [2.75, 3.05) is 6.54 Å². The normalized spacial score (nSPS) is 10.8. The lowest BCUT2D eigenvalue weighted by molar-refractivity contribution is 0.0954. The highest BCUT2D eigenvalue weighted by Gasteiger charge is 2.16. The van der Waals surface area contributed by atoms with Crippen LogP contribution in [-0.2, 0) is 0 Å². The predicted molar refractivity (Wildman–Crippen MR) is 109 cm³/mol. The molecule has 0 aliphatic heterocycles. The van der Waals surface area contributed by atoms with E-state index in [0.29, 0.717) is 40.2 Å². The van der Waals surface area contributed by atoms with Crippen LogP contribution in [0, 0.1) is 0 Å². The fourth-order valence-corrected chi connectivity index (χ4v) is 2.90. The highest BCUT2D eigenvalue weighted by Crippen LogP contribution is 2.28. The minimum absolute atomic E-state index is 0.112. The van der Waals surface area contributed by atoms with Gasteiger partial charge in [-0.2, -0.15) is 0 Å². The summed E-state index contributed by atoms with van der Waals surface area (Å²) in [6.45, 7) is 2.66. The molecule has 4 aromatic rings. The van der Waals surface area contributed by atoms with Gasteiger partial charge in [0.25, 0.3) is 5.91 Å². The van der Waals surface area contributed by atoms with Crippen molar-refractivity contribution < 1.29 is 4.79 Å². The van der Waals surface area contributed by atoms with Crippen molar-refractivity contribution in [2.24, 2.45) is 0 Å². The maximum Gasteiger partial charge on any atom is 0.251 e. The molecule has 3 aromatic heterocycles. The van der Waals surface area contributed by atoms with Crippen LogP contribution in [0.2, 0.25) is 0 Å². The van der Waals surface area contributed by atoms with Gasteiger partial charge in [-0.15, -0.1) is 0 Å². The van der Waals surface area contributed by atoms with Crippen molar-refractivity contribution >= 4 is 16.9 Å². The summed E-state index contributed by atoms with van der Waals surface area (Å²) in [7, 11) is 0. The molecule has 0 saturated heterocycles. The SMILES string of the molecule is CCCNC(=O)c1ccc2nc(-c3ccccn3)c(-c3ccccn3)nc2c1. The second-order valence-corrected chi connectivity index (χ2v) is 6.31. The molecule has 138 valence electrons. The molecule has 1 amide bonds. The zero-order valence-electron chi connectivity index (χ0n) is 15.5. The van der Waals surface area contributed by atoms with Crippen molar-refractivity contribution in [2.45, 2.75) is 13.3 Å². The van der Waals surface area contributed by atoms with Crippen molar-refractivity contribution in [1.29, 1.82) is 0 Å². The van der Waals surface area contributed by atoms with Crippen LogP contribution >= 0.6 is 0 Å². The Balaban J connectivity index is 1.88. The van der Waals surface area contributed by atoms with E-state index in [9.17, 15) is 4.79 Å². The highest BCUT2D eigenvalue weighted by atomic mass is 16.1. The molecule has 6 nitrogen and oxygen atoms in total. The molecule has 0 atom stereocenters. The zero-order valence-corrected chi connectivity index (χ0v) is 15.5. The van der Waals surface area contributed by atoms with Crippen LogP contribution in [0.1, 0.15) is 23.7 Å². The number of hydrogen-bond donors (Lipinski definition) is 1. The Labute approximate surface area is 162 Å². The van der Waals surface area contributed by atoms with Gasteiger partial charge in [0.1, 0.15) is 11.4 Å². The van der Waals surface area contributed by atoms with Crippen LogP contribution in [0.15, 0.2) is 67.0 Å². The Hall–Kier alpha value is -3.67.